The predicted octanol–water partition coefficient (Wildman–Crippen LogP) is 2.53. The molecule has 0 spiro atoms. The van der Waals surface area contributed by atoms with Crippen LogP contribution in [0, 0.1) is 0 Å². The van der Waals surface area contributed by atoms with Crippen LogP contribution in [0.2, 0.25) is 0 Å². The maximum atomic E-state index is 5.59. The molecule has 0 saturated carbocycles. The summed E-state index contributed by atoms with van der Waals surface area (Å²) >= 11 is 5.59. The van der Waals surface area contributed by atoms with Crippen molar-refractivity contribution in [1.29, 1.82) is 0 Å². The Hall–Kier alpha value is -0.790. The molecule has 0 aliphatic heterocycles. The van der Waals surface area contributed by atoms with Crippen molar-refractivity contribution in [3.63, 3.8) is 0 Å². The van der Waals surface area contributed by atoms with E-state index in [2.05, 4.69) is 24.0 Å². The van der Waals surface area contributed by atoms with E-state index < -0.39 is 0 Å². The molecule has 64 valence electrons. The van der Waals surface area contributed by atoms with Gasteiger partial charge in [0.05, 0.1) is 0 Å². The van der Waals surface area contributed by atoms with Crippen LogP contribution >= 0.6 is 11.6 Å². The normalized spacial score (nSPS) is 9.75. The maximum absolute atomic E-state index is 5.59. The molecule has 1 nitrogen and oxygen atoms in total. The highest BCUT2D eigenvalue weighted by Crippen LogP contribution is 1.98. The molecule has 1 aromatic carbocycles. The molecule has 2 heteroatoms. The van der Waals surface area contributed by atoms with E-state index in [1.807, 2.05) is 18.2 Å². The van der Waals surface area contributed by atoms with Crippen molar-refractivity contribution in [2.45, 2.75) is 6.54 Å². The molecule has 1 N–H and O–H groups in total. The van der Waals surface area contributed by atoms with Crippen LogP contribution < -0.4 is 5.32 Å². The van der Waals surface area contributed by atoms with Crippen LogP contribution in [0.1, 0.15) is 5.56 Å². The Morgan fingerprint density at radius 1 is 1.33 bits per heavy atom. The molecule has 0 bridgehead atoms. The Morgan fingerprint density at radius 2 is 2.00 bits per heavy atom. The molecular weight excluding hydrogens is 170 g/mol. The number of rotatable bonds is 4. The zero-order chi connectivity index (χ0) is 8.81. The van der Waals surface area contributed by atoms with Gasteiger partial charge in [-0.2, -0.15) is 0 Å². The molecule has 12 heavy (non-hydrogen) atoms. The van der Waals surface area contributed by atoms with E-state index in [1.54, 1.807) is 0 Å². The minimum atomic E-state index is 0.644. The average Bonchev–Trinajstić information content (AvgIpc) is 2.05. The quantitative estimate of drug-likeness (QED) is 0.753. The predicted molar refractivity (Wildman–Crippen MR) is 53.1 cm³/mol. The fourth-order valence-electron chi connectivity index (χ4n) is 0.938. The van der Waals surface area contributed by atoms with E-state index in [4.69, 9.17) is 11.6 Å². The first-order valence-electron chi connectivity index (χ1n) is 3.87. The number of hydrogen-bond donors (Lipinski definition) is 1. The molecule has 0 atom stereocenters. The third-order valence-electron chi connectivity index (χ3n) is 1.49. The van der Waals surface area contributed by atoms with Gasteiger partial charge in [-0.15, -0.1) is 0 Å². The minimum Gasteiger partial charge on any atom is -0.308 e. The van der Waals surface area contributed by atoms with Crippen molar-refractivity contribution in [3.05, 3.63) is 47.5 Å². The van der Waals surface area contributed by atoms with E-state index in [9.17, 15) is 0 Å². The Bertz CT molecular complexity index is 243. The maximum Gasteiger partial charge on any atom is 0.0310 e. The summed E-state index contributed by atoms with van der Waals surface area (Å²) in [7, 11) is 0. The average molecular weight is 182 g/mol. The van der Waals surface area contributed by atoms with Crippen LogP contribution in [0.15, 0.2) is 41.9 Å². The summed E-state index contributed by atoms with van der Waals surface area (Å²) in [6.45, 7) is 5.09. The number of nitrogens with one attached hydrogen (secondary N) is 1. The van der Waals surface area contributed by atoms with E-state index >= 15 is 0 Å². The molecular formula is C10H12ClN. The van der Waals surface area contributed by atoms with Crippen LogP contribution in [0.3, 0.4) is 0 Å². The Labute approximate surface area is 78.1 Å². The van der Waals surface area contributed by atoms with E-state index in [0.29, 0.717) is 11.6 Å². The summed E-state index contributed by atoms with van der Waals surface area (Å²) in [4.78, 5) is 0. The summed E-state index contributed by atoms with van der Waals surface area (Å²) in [5, 5.41) is 3.81. The van der Waals surface area contributed by atoms with Crippen LogP contribution in [0.4, 0.5) is 0 Å². The monoisotopic (exact) mass is 181 g/mol. The molecule has 0 saturated heterocycles. The summed E-state index contributed by atoms with van der Waals surface area (Å²) in [5.41, 5.74) is 1.26. The molecule has 1 aromatic rings. The Morgan fingerprint density at radius 3 is 2.58 bits per heavy atom. The topological polar surface area (TPSA) is 12.0 Å². The Kier molecular flexibility index (Phi) is 3.85. The second kappa shape index (κ2) is 4.96. The van der Waals surface area contributed by atoms with Gasteiger partial charge in [-0.1, -0.05) is 48.5 Å². The second-order valence-electron chi connectivity index (χ2n) is 2.61. The van der Waals surface area contributed by atoms with Crippen molar-refractivity contribution in [3.8, 4) is 0 Å². The highest BCUT2D eigenvalue weighted by atomic mass is 35.5. The summed E-state index contributed by atoms with van der Waals surface area (Å²) in [5.74, 6) is 0. The zero-order valence-electron chi connectivity index (χ0n) is 6.89. The van der Waals surface area contributed by atoms with Gasteiger partial charge < -0.3 is 5.32 Å². The lowest BCUT2D eigenvalue weighted by molar-refractivity contribution is 0.755. The number of halogens is 1. The van der Waals surface area contributed by atoms with Gasteiger partial charge in [0.15, 0.2) is 0 Å². The smallest absolute Gasteiger partial charge is 0.0310 e. The number of benzene rings is 1. The largest absolute Gasteiger partial charge is 0.308 e. The van der Waals surface area contributed by atoms with E-state index in [-0.39, 0.29) is 0 Å². The van der Waals surface area contributed by atoms with Gasteiger partial charge in [0.1, 0.15) is 0 Å². The highest BCUT2D eigenvalue weighted by molar-refractivity contribution is 6.29. The lowest BCUT2D eigenvalue weighted by Gasteiger charge is -2.02. The first kappa shape index (κ1) is 9.30. The van der Waals surface area contributed by atoms with Gasteiger partial charge in [-0.25, -0.2) is 0 Å². The van der Waals surface area contributed by atoms with Crippen LogP contribution in [0.5, 0.6) is 0 Å². The fourth-order valence-corrected chi connectivity index (χ4v) is 1.03. The first-order chi connectivity index (χ1) is 5.79. The second-order valence-corrected chi connectivity index (χ2v) is 3.14. The third-order valence-corrected chi connectivity index (χ3v) is 1.62. The lowest BCUT2D eigenvalue weighted by atomic mass is 10.2. The highest BCUT2D eigenvalue weighted by Gasteiger charge is 1.90. The molecule has 0 heterocycles. The Balaban J connectivity index is 2.29. The van der Waals surface area contributed by atoms with Crippen LogP contribution in [-0.4, -0.2) is 6.54 Å². The standard InChI is InChI=1S/C10H12ClN/c1-9(11)7-12-8-10-5-3-2-4-6-10/h2-6,12H,1,7-8H2. The van der Waals surface area contributed by atoms with Gasteiger partial charge in [-0.3, -0.25) is 0 Å². The van der Waals surface area contributed by atoms with Crippen molar-refractivity contribution < 1.29 is 0 Å². The van der Waals surface area contributed by atoms with Gasteiger partial charge in [0.2, 0.25) is 0 Å². The van der Waals surface area contributed by atoms with Gasteiger partial charge in [0, 0.05) is 18.1 Å². The lowest BCUT2D eigenvalue weighted by Crippen LogP contribution is -2.14. The van der Waals surface area contributed by atoms with E-state index in [1.165, 1.54) is 5.56 Å². The molecule has 0 fully saturated rings. The number of hydrogen-bond acceptors (Lipinski definition) is 1. The third kappa shape index (κ3) is 3.56. The molecule has 0 amide bonds. The van der Waals surface area contributed by atoms with E-state index in [0.717, 1.165) is 6.54 Å². The van der Waals surface area contributed by atoms with Gasteiger partial charge in [-0.05, 0) is 5.56 Å². The summed E-state index contributed by atoms with van der Waals surface area (Å²) in [6.07, 6.45) is 0. The van der Waals surface area contributed by atoms with Crippen LogP contribution in [0.25, 0.3) is 0 Å². The van der Waals surface area contributed by atoms with Crippen molar-refractivity contribution >= 4 is 11.6 Å². The molecule has 0 radical (unpaired) electrons. The fraction of sp³-hybridized carbons (Fsp3) is 0.200. The molecule has 0 aliphatic carbocycles. The molecule has 0 aliphatic rings. The van der Waals surface area contributed by atoms with Crippen molar-refractivity contribution in [2.75, 3.05) is 6.54 Å². The first-order valence-corrected chi connectivity index (χ1v) is 4.25. The van der Waals surface area contributed by atoms with Crippen molar-refractivity contribution in [1.82, 2.24) is 5.32 Å². The zero-order valence-corrected chi connectivity index (χ0v) is 7.64. The molecule has 0 unspecified atom stereocenters. The molecule has 1 rings (SSSR count). The summed E-state index contributed by atoms with van der Waals surface area (Å²) in [6, 6.07) is 10.2. The SMILES string of the molecule is C=C(Cl)CNCc1ccccc1. The molecule has 0 aromatic heterocycles. The minimum absolute atomic E-state index is 0.644. The van der Waals surface area contributed by atoms with Gasteiger partial charge >= 0.3 is 0 Å². The summed E-state index contributed by atoms with van der Waals surface area (Å²) < 4.78 is 0. The van der Waals surface area contributed by atoms with Crippen molar-refractivity contribution in [2.24, 2.45) is 0 Å². The van der Waals surface area contributed by atoms with Gasteiger partial charge in [0.25, 0.3) is 0 Å². The van der Waals surface area contributed by atoms with Crippen LogP contribution in [-0.2, 0) is 6.54 Å².